The standard InChI is InChI=1S/C17H29NO5/c1-16(2,3)12(13(19)17(4,5)6)18-15(20)23-11-9-22-14-10(11)7-8-21-14/h10-12,14H,7-9H2,1-6H3,(H,18,20). The van der Waals surface area contributed by atoms with E-state index in [1.165, 1.54) is 0 Å². The Morgan fingerprint density at radius 1 is 1.13 bits per heavy atom. The van der Waals surface area contributed by atoms with E-state index in [1.807, 2.05) is 41.5 Å². The van der Waals surface area contributed by atoms with Crippen molar-refractivity contribution in [2.45, 2.75) is 66.4 Å². The highest BCUT2D eigenvalue weighted by Gasteiger charge is 2.45. The Bertz CT molecular complexity index is 463. The van der Waals surface area contributed by atoms with Gasteiger partial charge < -0.3 is 19.5 Å². The van der Waals surface area contributed by atoms with Crippen molar-refractivity contribution < 1.29 is 23.8 Å². The molecule has 0 aromatic rings. The Balaban J connectivity index is 1.99. The Kier molecular flexibility index (Phi) is 5.06. The van der Waals surface area contributed by atoms with E-state index in [4.69, 9.17) is 14.2 Å². The van der Waals surface area contributed by atoms with Crippen LogP contribution in [-0.4, -0.2) is 43.5 Å². The van der Waals surface area contributed by atoms with Crippen LogP contribution in [0.3, 0.4) is 0 Å². The average molecular weight is 327 g/mol. The lowest BCUT2D eigenvalue weighted by Gasteiger charge is -2.34. The van der Waals surface area contributed by atoms with Crippen LogP contribution in [0.4, 0.5) is 4.79 Å². The SMILES string of the molecule is CC(C)(C)C(=O)C(NC(=O)OC1COC2OCCC12)C(C)(C)C. The number of hydrogen-bond donors (Lipinski definition) is 1. The minimum Gasteiger partial charge on any atom is -0.443 e. The molecule has 0 aromatic carbocycles. The van der Waals surface area contributed by atoms with Crippen molar-refractivity contribution in [3.8, 4) is 0 Å². The van der Waals surface area contributed by atoms with Gasteiger partial charge in [-0.15, -0.1) is 0 Å². The summed E-state index contributed by atoms with van der Waals surface area (Å²) in [4.78, 5) is 24.9. The zero-order chi connectivity index (χ0) is 17.4. The van der Waals surface area contributed by atoms with Crippen LogP contribution in [0.2, 0.25) is 0 Å². The zero-order valence-corrected chi connectivity index (χ0v) is 15.0. The molecule has 6 heteroatoms. The van der Waals surface area contributed by atoms with Gasteiger partial charge in [-0.25, -0.2) is 4.79 Å². The number of amides is 1. The van der Waals surface area contributed by atoms with Crippen molar-refractivity contribution >= 4 is 11.9 Å². The Morgan fingerprint density at radius 2 is 1.78 bits per heavy atom. The maximum atomic E-state index is 12.7. The summed E-state index contributed by atoms with van der Waals surface area (Å²) in [6.45, 7) is 12.3. The molecule has 23 heavy (non-hydrogen) atoms. The summed E-state index contributed by atoms with van der Waals surface area (Å²) >= 11 is 0. The van der Waals surface area contributed by atoms with E-state index in [0.717, 1.165) is 6.42 Å². The van der Waals surface area contributed by atoms with Gasteiger partial charge in [-0.05, 0) is 11.8 Å². The Hall–Kier alpha value is -1.14. The maximum Gasteiger partial charge on any atom is 0.408 e. The summed E-state index contributed by atoms with van der Waals surface area (Å²) in [5, 5.41) is 2.76. The van der Waals surface area contributed by atoms with Gasteiger partial charge >= 0.3 is 6.09 Å². The van der Waals surface area contributed by atoms with Gasteiger partial charge in [-0.2, -0.15) is 0 Å². The van der Waals surface area contributed by atoms with Gasteiger partial charge in [0.2, 0.25) is 0 Å². The first kappa shape index (κ1) is 18.2. The molecule has 0 bridgehead atoms. The molecule has 0 saturated carbocycles. The summed E-state index contributed by atoms with van der Waals surface area (Å²) < 4.78 is 16.4. The minimum atomic E-state index is -0.604. The number of Topliss-reactive ketones (excluding diaryl/α,β-unsaturated/α-hetero) is 1. The monoisotopic (exact) mass is 327 g/mol. The molecule has 2 aliphatic heterocycles. The van der Waals surface area contributed by atoms with Crippen LogP contribution in [0.1, 0.15) is 48.0 Å². The number of fused-ring (bicyclic) bond motifs is 1. The van der Waals surface area contributed by atoms with Crippen molar-refractivity contribution in [1.29, 1.82) is 0 Å². The number of carbonyl (C=O) groups is 2. The van der Waals surface area contributed by atoms with Crippen molar-refractivity contribution in [3.05, 3.63) is 0 Å². The van der Waals surface area contributed by atoms with E-state index in [9.17, 15) is 9.59 Å². The van der Waals surface area contributed by atoms with Crippen molar-refractivity contribution in [1.82, 2.24) is 5.32 Å². The molecule has 4 atom stereocenters. The van der Waals surface area contributed by atoms with Gasteiger partial charge in [0.05, 0.1) is 25.2 Å². The highest BCUT2D eigenvalue weighted by Crippen LogP contribution is 2.33. The van der Waals surface area contributed by atoms with Gasteiger partial charge in [0, 0.05) is 5.41 Å². The first-order valence-corrected chi connectivity index (χ1v) is 8.25. The number of ketones is 1. The molecule has 1 N–H and O–H groups in total. The predicted octanol–water partition coefficient (Wildman–Crippen LogP) is 2.50. The number of alkyl carbamates (subject to hydrolysis) is 1. The molecule has 2 aliphatic rings. The number of rotatable bonds is 3. The zero-order valence-electron chi connectivity index (χ0n) is 15.0. The second kappa shape index (κ2) is 6.40. The lowest BCUT2D eigenvalue weighted by molar-refractivity contribution is -0.131. The fraction of sp³-hybridized carbons (Fsp3) is 0.882. The molecule has 0 aliphatic carbocycles. The van der Waals surface area contributed by atoms with E-state index in [1.54, 1.807) is 0 Å². The van der Waals surface area contributed by atoms with Crippen LogP contribution < -0.4 is 5.32 Å². The molecule has 6 nitrogen and oxygen atoms in total. The summed E-state index contributed by atoms with van der Waals surface area (Å²) in [7, 11) is 0. The van der Waals surface area contributed by atoms with Crippen LogP contribution in [-0.2, 0) is 19.0 Å². The number of nitrogens with one attached hydrogen (secondary N) is 1. The maximum absolute atomic E-state index is 12.7. The second-order valence-corrected chi connectivity index (χ2v) is 8.53. The van der Waals surface area contributed by atoms with E-state index in [0.29, 0.717) is 13.2 Å². The van der Waals surface area contributed by atoms with E-state index in [-0.39, 0.29) is 24.1 Å². The van der Waals surface area contributed by atoms with Crippen molar-refractivity contribution in [2.75, 3.05) is 13.2 Å². The van der Waals surface area contributed by atoms with Crippen LogP contribution in [0.15, 0.2) is 0 Å². The molecule has 1 amide bonds. The third kappa shape index (κ3) is 4.23. The molecule has 132 valence electrons. The first-order valence-electron chi connectivity index (χ1n) is 8.25. The summed E-state index contributed by atoms with van der Waals surface area (Å²) in [6, 6.07) is -0.604. The minimum absolute atomic E-state index is 0.00769. The van der Waals surface area contributed by atoms with Crippen molar-refractivity contribution in [3.63, 3.8) is 0 Å². The lowest BCUT2D eigenvalue weighted by atomic mass is 9.76. The summed E-state index contributed by atoms with van der Waals surface area (Å²) in [6.07, 6.45) is -0.314. The summed E-state index contributed by atoms with van der Waals surface area (Å²) in [5.74, 6) is 0.0823. The largest absolute Gasteiger partial charge is 0.443 e. The van der Waals surface area contributed by atoms with E-state index < -0.39 is 23.0 Å². The Labute approximate surface area is 138 Å². The molecular weight excluding hydrogens is 298 g/mol. The van der Waals surface area contributed by atoms with Gasteiger partial charge in [0.25, 0.3) is 0 Å². The molecule has 4 unspecified atom stereocenters. The fourth-order valence-corrected chi connectivity index (χ4v) is 2.95. The van der Waals surface area contributed by atoms with Gasteiger partial charge in [-0.3, -0.25) is 4.79 Å². The van der Waals surface area contributed by atoms with Gasteiger partial charge in [0.1, 0.15) is 6.10 Å². The highest BCUT2D eigenvalue weighted by molar-refractivity contribution is 5.92. The lowest BCUT2D eigenvalue weighted by Crippen LogP contribution is -2.53. The molecular formula is C17H29NO5. The van der Waals surface area contributed by atoms with Crippen LogP contribution >= 0.6 is 0 Å². The predicted molar refractivity (Wildman–Crippen MR) is 84.9 cm³/mol. The third-order valence-electron chi connectivity index (χ3n) is 4.37. The smallest absolute Gasteiger partial charge is 0.408 e. The van der Waals surface area contributed by atoms with Gasteiger partial charge in [-0.1, -0.05) is 41.5 Å². The molecule has 0 aromatic heterocycles. The summed E-state index contributed by atoms with van der Waals surface area (Å²) in [5.41, 5.74) is -0.930. The molecule has 2 fully saturated rings. The molecule has 2 saturated heterocycles. The number of ether oxygens (including phenoxy) is 3. The molecule has 0 spiro atoms. The van der Waals surface area contributed by atoms with E-state index in [2.05, 4.69) is 5.32 Å². The quantitative estimate of drug-likeness (QED) is 0.862. The first-order chi connectivity index (χ1) is 10.5. The third-order valence-corrected chi connectivity index (χ3v) is 4.37. The molecule has 0 radical (unpaired) electrons. The van der Waals surface area contributed by atoms with Crippen LogP contribution in [0.5, 0.6) is 0 Å². The highest BCUT2D eigenvalue weighted by atomic mass is 16.7. The van der Waals surface area contributed by atoms with Crippen LogP contribution in [0, 0.1) is 16.7 Å². The Morgan fingerprint density at radius 3 is 2.35 bits per heavy atom. The van der Waals surface area contributed by atoms with Crippen LogP contribution in [0.25, 0.3) is 0 Å². The average Bonchev–Trinajstić information content (AvgIpc) is 2.97. The number of hydrogen-bond acceptors (Lipinski definition) is 5. The number of carbonyl (C=O) groups excluding carboxylic acids is 2. The van der Waals surface area contributed by atoms with E-state index >= 15 is 0 Å². The fourth-order valence-electron chi connectivity index (χ4n) is 2.95. The normalized spacial score (nSPS) is 29.0. The van der Waals surface area contributed by atoms with Crippen molar-refractivity contribution in [2.24, 2.45) is 16.7 Å². The molecule has 2 rings (SSSR count). The second-order valence-electron chi connectivity index (χ2n) is 8.53. The molecule has 2 heterocycles. The topological polar surface area (TPSA) is 73.9 Å². The van der Waals surface area contributed by atoms with Gasteiger partial charge in [0.15, 0.2) is 12.1 Å².